The van der Waals surface area contributed by atoms with E-state index in [9.17, 15) is 4.79 Å². The lowest BCUT2D eigenvalue weighted by Crippen LogP contribution is -2.15. The van der Waals surface area contributed by atoms with E-state index in [0.29, 0.717) is 13.0 Å². The predicted octanol–water partition coefficient (Wildman–Crippen LogP) is 4.71. The van der Waals surface area contributed by atoms with E-state index in [1.807, 2.05) is 50.2 Å². The van der Waals surface area contributed by atoms with Crippen LogP contribution in [0.4, 0.5) is 5.69 Å². The molecule has 0 aliphatic heterocycles. The molecule has 0 saturated carbocycles. The molecule has 0 bridgehead atoms. The van der Waals surface area contributed by atoms with Gasteiger partial charge in [-0.2, -0.15) is 0 Å². The molecule has 0 aliphatic carbocycles. The molecule has 1 amide bonds. The van der Waals surface area contributed by atoms with Gasteiger partial charge in [0.15, 0.2) is 4.34 Å². The number of aromatic nitrogens is 2. The number of rotatable bonds is 7. The summed E-state index contributed by atoms with van der Waals surface area (Å²) in [6, 6.07) is 13.7. The molecule has 0 aliphatic rings. The van der Waals surface area contributed by atoms with Crippen LogP contribution >= 0.6 is 23.1 Å². The van der Waals surface area contributed by atoms with Gasteiger partial charge in [0.1, 0.15) is 11.3 Å². The third-order valence-electron chi connectivity index (χ3n) is 3.48. The van der Waals surface area contributed by atoms with Crippen molar-refractivity contribution < 1.29 is 9.53 Å². The molecule has 2 aromatic carbocycles. The highest BCUT2D eigenvalue weighted by Crippen LogP contribution is 2.29. The van der Waals surface area contributed by atoms with Gasteiger partial charge in [0.05, 0.1) is 13.0 Å². The van der Waals surface area contributed by atoms with Crippen LogP contribution in [0.5, 0.6) is 5.75 Å². The summed E-state index contributed by atoms with van der Waals surface area (Å²) in [6.07, 6.45) is 0.300. The predicted molar refractivity (Wildman–Crippen MR) is 105 cm³/mol. The molecule has 0 spiro atoms. The van der Waals surface area contributed by atoms with Crippen LogP contribution in [0, 0.1) is 13.8 Å². The number of nitrogens with zero attached hydrogens (tertiary/aromatic N) is 2. The van der Waals surface area contributed by atoms with Gasteiger partial charge in [0, 0.05) is 10.6 Å². The van der Waals surface area contributed by atoms with Crippen molar-refractivity contribution in [3.63, 3.8) is 0 Å². The first-order valence-electron chi connectivity index (χ1n) is 8.13. The first-order valence-corrected chi connectivity index (χ1v) is 9.83. The van der Waals surface area contributed by atoms with E-state index < -0.39 is 0 Å². The maximum atomic E-state index is 12.1. The van der Waals surface area contributed by atoms with Crippen LogP contribution in [0.25, 0.3) is 0 Å². The molecule has 7 heteroatoms. The smallest absolute Gasteiger partial charge is 0.227 e. The zero-order valence-electron chi connectivity index (χ0n) is 14.6. The third-order valence-corrected chi connectivity index (χ3v) is 5.26. The van der Waals surface area contributed by atoms with E-state index in [0.717, 1.165) is 31.8 Å². The van der Waals surface area contributed by atoms with E-state index in [4.69, 9.17) is 4.74 Å². The Morgan fingerprint density at radius 3 is 2.54 bits per heavy atom. The number of aryl methyl sites for hydroxylation is 2. The Bertz CT molecular complexity index is 845. The summed E-state index contributed by atoms with van der Waals surface area (Å²) < 4.78 is 6.57. The number of carbonyl (C=O) groups excluding carboxylic acids is 1. The number of ether oxygens (including phenoxy) is 1. The Balaban J connectivity index is 1.45. The van der Waals surface area contributed by atoms with Gasteiger partial charge in [0.25, 0.3) is 0 Å². The van der Waals surface area contributed by atoms with Gasteiger partial charge >= 0.3 is 0 Å². The van der Waals surface area contributed by atoms with Crippen LogP contribution in [-0.4, -0.2) is 22.7 Å². The fourth-order valence-corrected chi connectivity index (χ4v) is 3.87. The van der Waals surface area contributed by atoms with Gasteiger partial charge in [-0.15, -0.1) is 10.2 Å². The molecule has 0 atom stereocenters. The number of carbonyl (C=O) groups is 1. The molecule has 1 heterocycles. The van der Waals surface area contributed by atoms with Gasteiger partial charge in [-0.1, -0.05) is 29.2 Å². The van der Waals surface area contributed by atoms with Crippen LogP contribution in [-0.2, 0) is 4.79 Å². The van der Waals surface area contributed by atoms with Crippen molar-refractivity contribution >= 4 is 34.7 Å². The normalized spacial score (nSPS) is 10.5. The average Bonchev–Trinajstić information content (AvgIpc) is 3.09. The van der Waals surface area contributed by atoms with Crippen LogP contribution < -0.4 is 10.1 Å². The summed E-state index contributed by atoms with van der Waals surface area (Å²) in [7, 11) is 0. The van der Waals surface area contributed by atoms with Crippen molar-refractivity contribution in [1.29, 1.82) is 0 Å². The van der Waals surface area contributed by atoms with Crippen molar-refractivity contribution in [2.24, 2.45) is 0 Å². The number of hydrogen-bond acceptors (Lipinski definition) is 6. The Morgan fingerprint density at radius 1 is 1.15 bits per heavy atom. The monoisotopic (exact) mass is 385 g/mol. The zero-order chi connectivity index (χ0) is 18.4. The molecular formula is C19H19N3O2S2. The molecule has 26 heavy (non-hydrogen) atoms. The van der Waals surface area contributed by atoms with Crippen molar-refractivity contribution in [2.45, 2.75) is 29.5 Å². The van der Waals surface area contributed by atoms with Crippen LogP contribution in [0.15, 0.2) is 57.2 Å². The molecule has 0 fully saturated rings. The summed E-state index contributed by atoms with van der Waals surface area (Å²) in [5.74, 6) is 0.729. The lowest BCUT2D eigenvalue weighted by atomic mass is 10.1. The second-order valence-corrected chi connectivity index (χ2v) is 7.95. The molecule has 0 radical (unpaired) electrons. The molecule has 5 nitrogen and oxygen atoms in total. The Kier molecular flexibility index (Phi) is 6.25. The number of nitrogens with one attached hydrogen (secondary N) is 1. The Morgan fingerprint density at radius 2 is 1.88 bits per heavy atom. The Hall–Kier alpha value is -2.38. The molecule has 1 N–H and O–H groups in total. The van der Waals surface area contributed by atoms with Crippen molar-refractivity contribution in [3.05, 3.63) is 59.1 Å². The topological polar surface area (TPSA) is 64.1 Å². The number of hydrogen-bond donors (Lipinski definition) is 1. The van der Waals surface area contributed by atoms with Crippen LogP contribution in [0.2, 0.25) is 0 Å². The molecule has 1 aromatic heterocycles. The van der Waals surface area contributed by atoms with Crippen LogP contribution in [0.3, 0.4) is 0 Å². The van der Waals surface area contributed by atoms with Crippen LogP contribution in [0.1, 0.15) is 17.5 Å². The summed E-state index contributed by atoms with van der Waals surface area (Å²) >= 11 is 3.05. The minimum atomic E-state index is -0.0705. The van der Waals surface area contributed by atoms with E-state index in [-0.39, 0.29) is 5.91 Å². The first kappa shape index (κ1) is 18.4. The minimum Gasteiger partial charge on any atom is -0.493 e. The Labute approximate surface area is 160 Å². The van der Waals surface area contributed by atoms with E-state index in [1.165, 1.54) is 11.3 Å². The van der Waals surface area contributed by atoms with Crippen molar-refractivity contribution in [1.82, 2.24) is 10.2 Å². The van der Waals surface area contributed by atoms with Gasteiger partial charge < -0.3 is 10.1 Å². The van der Waals surface area contributed by atoms with Crippen molar-refractivity contribution in [3.8, 4) is 5.75 Å². The highest BCUT2D eigenvalue weighted by molar-refractivity contribution is 8.01. The maximum absolute atomic E-state index is 12.1. The number of anilines is 1. The number of amides is 1. The molecule has 3 rings (SSSR count). The molecule has 134 valence electrons. The zero-order valence-corrected chi connectivity index (χ0v) is 16.2. The first-order chi connectivity index (χ1) is 12.6. The highest BCUT2D eigenvalue weighted by Gasteiger charge is 2.05. The lowest BCUT2D eigenvalue weighted by molar-refractivity contribution is -0.116. The maximum Gasteiger partial charge on any atom is 0.227 e. The largest absolute Gasteiger partial charge is 0.493 e. The SMILES string of the molecule is Cc1cc(C)cc(OCCC(=O)Nc2ccc(Sc3nncs3)cc2)c1. The quantitative estimate of drug-likeness (QED) is 0.638. The fourth-order valence-electron chi connectivity index (χ4n) is 2.42. The molecule has 0 unspecified atom stereocenters. The standard InChI is InChI=1S/C19H19N3O2S2/c1-13-9-14(2)11-16(10-13)24-8-7-18(23)21-15-3-5-17(6-4-15)26-19-22-20-12-25-19/h3-6,9-12H,7-8H2,1-2H3,(H,21,23). The summed E-state index contributed by atoms with van der Waals surface area (Å²) in [4.78, 5) is 13.1. The lowest BCUT2D eigenvalue weighted by Gasteiger charge is -2.09. The minimum absolute atomic E-state index is 0.0705. The van der Waals surface area contributed by atoms with Gasteiger partial charge in [-0.05, 0) is 61.4 Å². The average molecular weight is 386 g/mol. The second kappa shape index (κ2) is 8.82. The summed E-state index contributed by atoms with van der Waals surface area (Å²) in [5, 5.41) is 10.7. The third kappa shape index (κ3) is 5.57. The van der Waals surface area contributed by atoms with Gasteiger partial charge in [-0.3, -0.25) is 4.79 Å². The van der Waals surface area contributed by atoms with Gasteiger partial charge in [-0.25, -0.2) is 0 Å². The van der Waals surface area contributed by atoms with E-state index >= 15 is 0 Å². The van der Waals surface area contributed by atoms with Crippen molar-refractivity contribution in [2.75, 3.05) is 11.9 Å². The van der Waals surface area contributed by atoms with Gasteiger partial charge in [0.2, 0.25) is 5.91 Å². The highest BCUT2D eigenvalue weighted by atomic mass is 32.2. The molecule has 3 aromatic rings. The fraction of sp³-hybridized carbons (Fsp3) is 0.211. The number of benzene rings is 2. The molecule has 0 saturated heterocycles. The van der Waals surface area contributed by atoms with E-state index in [2.05, 4.69) is 21.6 Å². The molecular weight excluding hydrogens is 366 g/mol. The second-order valence-electron chi connectivity index (χ2n) is 5.80. The van der Waals surface area contributed by atoms with E-state index in [1.54, 1.807) is 17.3 Å². The summed E-state index contributed by atoms with van der Waals surface area (Å²) in [6.45, 7) is 4.40. The summed E-state index contributed by atoms with van der Waals surface area (Å²) in [5.41, 5.74) is 4.77.